The molecule has 0 radical (unpaired) electrons. The van der Waals surface area contributed by atoms with Crippen LogP contribution in [0.15, 0.2) is 10.9 Å². The van der Waals surface area contributed by atoms with Crippen molar-refractivity contribution in [3.63, 3.8) is 0 Å². The van der Waals surface area contributed by atoms with Crippen LogP contribution in [0.4, 0.5) is 4.79 Å². The highest BCUT2D eigenvalue weighted by molar-refractivity contribution is 6.00. The number of alkyl carbamates (subject to hydrolysis) is 1. The molecule has 2 saturated heterocycles. The van der Waals surface area contributed by atoms with E-state index in [4.69, 9.17) is 9.26 Å². The Morgan fingerprint density at radius 2 is 2.17 bits per heavy atom. The normalized spacial score (nSPS) is 25.8. The molecule has 0 aromatic carbocycles. The maximum Gasteiger partial charge on any atom is 0.408 e. The van der Waals surface area contributed by atoms with Gasteiger partial charge in [-0.2, -0.15) is 4.98 Å². The van der Waals surface area contributed by atoms with Crippen molar-refractivity contribution in [2.75, 3.05) is 6.54 Å². The van der Waals surface area contributed by atoms with E-state index in [2.05, 4.69) is 15.5 Å². The van der Waals surface area contributed by atoms with Gasteiger partial charge in [-0.15, -0.1) is 0 Å². The summed E-state index contributed by atoms with van der Waals surface area (Å²) in [6, 6.07) is -1.50. The lowest BCUT2D eigenvalue weighted by atomic mass is 9.77. The summed E-state index contributed by atoms with van der Waals surface area (Å²) in [6.45, 7) is 8.91. The smallest absolute Gasteiger partial charge is 0.408 e. The summed E-state index contributed by atoms with van der Waals surface area (Å²) in [6.07, 6.45) is 0.456. The van der Waals surface area contributed by atoms with Crippen molar-refractivity contribution in [3.05, 3.63) is 12.2 Å². The van der Waals surface area contributed by atoms with Crippen molar-refractivity contribution >= 4 is 17.9 Å². The van der Waals surface area contributed by atoms with Gasteiger partial charge in [0.1, 0.15) is 23.7 Å². The molecule has 2 aliphatic heterocycles. The Labute approximate surface area is 174 Å². The van der Waals surface area contributed by atoms with Crippen LogP contribution in [0, 0.1) is 0 Å². The predicted octanol–water partition coefficient (Wildman–Crippen LogP) is 0.436. The second kappa shape index (κ2) is 7.86. The molecule has 1 aromatic heterocycles. The van der Waals surface area contributed by atoms with Crippen LogP contribution < -0.4 is 5.32 Å². The van der Waals surface area contributed by atoms with E-state index in [1.807, 2.05) is 6.92 Å². The third-order valence-corrected chi connectivity index (χ3v) is 5.61. The van der Waals surface area contributed by atoms with Crippen molar-refractivity contribution < 1.29 is 28.8 Å². The van der Waals surface area contributed by atoms with E-state index in [1.54, 1.807) is 25.7 Å². The number of aliphatic hydroxyl groups is 1. The molecule has 4 unspecified atom stereocenters. The number of nitrogens with zero attached hydrogens (tertiary/aromatic N) is 4. The first kappa shape index (κ1) is 22.0. The van der Waals surface area contributed by atoms with Gasteiger partial charge in [0, 0.05) is 6.54 Å². The molecule has 2 fully saturated rings. The van der Waals surface area contributed by atoms with E-state index >= 15 is 0 Å². The molecule has 3 rings (SSSR count). The average Bonchev–Trinajstić information content (AvgIpc) is 3.32. The Morgan fingerprint density at radius 3 is 2.70 bits per heavy atom. The van der Waals surface area contributed by atoms with E-state index in [0.717, 1.165) is 0 Å². The standard InChI is InChI=1S/C19H29N5O6/c1-11(25)14(22-17(28)29-18(3,4)5)15(26)24-8-6-7-19(24)12(2)23(16(19)27)9-13-20-10-21-30-13/h10-12,14,25H,6-9H2,1-5H3,(H,22,28). The number of rotatable bonds is 5. The van der Waals surface area contributed by atoms with Crippen LogP contribution in [0.1, 0.15) is 53.4 Å². The molecule has 1 spiro atoms. The SMILES string of the molecule is CC(O)C(NC(=O)OC(C)(C)C)C(=O)N1CCCC12C(=O)N(Cc1ncno1)C2C. The number of likely N-dealkylation sites (tertiary alicyclic amines) is 2. The molecule has 2 aliphatic rings. The third kappa shape index (κ3) is 3.85. The van der Waals surface area contributed by atoms with Gasteiger partial charge in [0.2, 0.25) is 11.8 Å². The zero-order chi connectivity index (χ0) is 22.3. The van der Waals surface area contributed by atoms with Crippen molar-refractivity contribution in [1.29, 1.82) is 0 Å². The van der Waals surface area contributed by atoms with Gasteiger partial charge in [-0.1, -0.05) is 5.16 Å². The molecule has 11 heteroatoms. The Morgan fingerprint density at radius 1 is 1.47 bits per heavy atom. The van der Waals surface area contributed by atoms with Gasteiger partial charge in [0.15, 0.2) is 6.33 Å². The van der Waals surface area contributed by atoms with E-state index in [9.17, 15) is 19.5 Å². The molecule has 3 amide bonds. The first-order chi connectivity index (χ1) is 14.0. The molecular weight excluding hydrogens is 394 g/mol. The van der Waals surface area contributed by atoms with Crippen molar-refractivity contribution in [3.8, 4) is 0 Å². The highest BCUT2D eigenvalue weighted by Gasteiger charge is 2.65. The van der Waals surface area contributed by atoms with E-state index in [-0.39, 0.29) is 18.5 Å². The second-order valence-corrected chi connectivity index (χ2v) is 8.83. The molecular formula is C19H29N5O6. The Hall–Kier alpha value is -2.69. The van der Waals surface area contributed by atoms with Crippen LogP contribution in [-0.4, -0.2) is 78.8 Å². The number of carbonyl (C=O) groups excluding carboxylic acids is 3. The summed E-state index contributed by atoms with van der Waals surface area (Å²) < 4.78 is 10.2. The maximum atomic E-state index is 13.3. The van der Waals surface area contributed by atoms with Crippen LogP contribution in [0.3, 0.4) is 0 Å². The van der Waals surface area contributed by atoms with E-state index in [1.165, 1.54) is 18.2 Å². The summed E-state index contributed by atoms with van der Waals surface area (Å²) >= 11 is 0. The number of β-lactam (4-membered cyclic amide) rings is 1. The number of aromatic nitrogens is 2. The van der Waals surface area contributed by atoms with Crippen LogP contribution in [0.25, 0.3) is 0 Å². The van der Waals surface area contributed by atoms with Crippen molar-refractivity contribution in [2.24, 2.45) is 0 Å². The summed E-state index contributed by atoms with van der Waals surface area (Å²) in [5.41, 5.74) is -1.75. The molecule has 2 N–H and O–H groups in total. The fourth-order valence-corrected chi connectivity index (χ4v) is 4.21. The molecule has 1 aromatic rings. The Kier molecular flexibility index (Phi) is 5.76. The maximum absolute atomic E-state index is 13.3. The highest BCUT2D eigenvalue weighted by atomic mass is 16.6. The molecule has 0 bridgehead atoms. The minimum Gasteiger partial charge on any atom is -0.444 e. The molecule has 166 valence electrons. The topological polar surface area (TPSA) is 138 Å². The van der Waals surface area contributed by atoms with Gasteiger partial charge in [-0.05, 0) is 47.5 Å². The molecule has 4 atom stereocenters. The minimum absolute atomic E-state index is 0.166. The van der Waals surface area contributed by atoms with Crippen molar-refractivity contribution in [1.82, 2.24) is 25.3 Å². The quantitative estimate of drug-likeness (QED) is 0.651. The average molecular weight is 423 g/mol. The second-order valence-electron chi connectivity index (χ2n) is 8.83. The van der Waals surface area contributed by atoms with E-state index in [0.29, 0.717) is 25.3 Å². The number of nitrogens with one attached hydrogen (secondary N) is 1. The van der Waals surface area contributed by atoms with Gasteiger partial charge in [0.05, 0.1) is 12.1 Å². The summed E-state index contributed by atoms with van der Waals surface area (Å²) in [7, 11) is 0. The lowest BCUT2D eigenvalue weighted by Gasteiger charge is -2.56. The first-order valence-electron chi connectivity index (χ1n) is 10.0. The Bertz CT molecular complexity index is 805. The fraction of sp³-hybridized carbons (Fsp3) is 0.737. The largest absolute Gasteiger partial charge is 0.444 e. The van der Waals surface area contributed by atoms with Crippen molar-refractivity contribution in [2.45, 2.75) is 83.3 Å². The lowest BCUT2D eigenvalue weighted by Crippen LogP contribution is -2.78. The molecule has 0 saturated carbocycles. The van der Waals surface area contributed by atoms with Crippen LogP contribution in [0.5, 0.6) is 0 Å². The first-order valence-corrected chi connectivity index (χ1v) is 10.0. The number of hydrogen-bond donors (Lipinski definition) is 2. The summed E-state index contributed by atoms with van der Waals surface area (Å²) in [5, 5.41) is 16.2. The number of hydrogen-bond acceptors (Lipinski definition) is 8. The van der Waals surface area contributed by atoms with Gasteiger partial charge in [-0.25, -0.2) is 4.79 Å². The van der Waals surface area contributed by atoms with Gasteiger partial charge in [0.25, 0.3) is 5.91 Å². The van der Waals surface area contributed by atoms with E-state index < -0.39 is 35.3 Å². The lowest BCUT2D eigenvalue weighted by molar-refractivity contribution is -0.180. The zero-order valence-electron chi connectivity index (χ0n) is 17.9. The number of carbonyl (C=O) groups is 3. The number of ether oxygens (including phenoxy) is 1. The molecule has 0 aliphatic carbocycles. The molecule has 11 nitrogen and oxygen atoms in total. The van der Waals surface area contributed by atoms with Gasteiger partial charge >= 0.3 is 6.09 Å². The third-order valence-electron chi connectivity index (χ3n) is 5.61. The monoisotopic (exact) mass is 423 g/mol. The Balaban J connectivity index is 1.75. The van der Waals surface area contributed by atoms with Crippen LogP contribution >= 0.6 is 0 Å². The minimum atomic E-state index is -1.22. The molecule has 3 heterocycles. The highest BCUT2D eigenvalue weighted by Crippen LogP contribution is 2.45. The summed E-state index contributed by atoms with van der Waals surface area (Å²) in [5.74, 6) is -0.402. The zero-order valence-corrected chi connectivity index (χ0v) is 17.9. The number of aliphatic hydroxyl groups excluding tert-OH is 1. The van der Waals surface area contributed by atoms with Crippen LogP contribution in [-0.2, 0) is 20.9 Å². The molecule has 30 heavy (non-hydrogen) atoms. The number of amides is 3. The summed E-state index contributed by atoms with van der Waals surface area (Å²) in [4.78, 5) is 45.6. The fourth-order valence-electron chi connectivity index (χ4n) is 4.21. The van der Waals surface area contributed by atoms with Crippen LogP contribution in [0.2, 0.25) is 0 Å². The van der Waals surface area contributed by atoms with Gasteiger partial charge < -0.3 is 29.5 Å². The predicted molar refractivity (Wildman–Crippen MR) is 103 cm³/mol. The van der Waals surface area contributed by atoms with Gasteiger partial charge in [-0.3, -0.25) is 9.59 Å².